The van der Waals surface area contributed by atoms with Crippen LogP contribution in [-0.4, -0.2) is 16.1 Å². The van der Waals surface area contributed by atoms with Gasteiger partial charge in [-0.15, -0.1) is 0 Å². The highest BCUT2D eigenvalue weighted by Gasteiger charge is 2.06. The van der Waals surface area contributed by atoms with Gasteiger partial charge in [0.25, 0.3) is 0 Å². The first-order chi connectivity index (χ1) is 7.68. The molecule has 80 valence electrons. The van der Waals surface area contributed by atoms with Crippen LogP contribution in [0.15, 0.2) is 42.6 Å². The summed E-state index contributed by atoms with van der Waals surface area (Å²) in [5.41, 5.74) is 1.67. The first-order valence-corrected chi connectivity index (χ1v) is 5.00. The Bertz CT molecular complexity index is 523. The molecule has 0 spiro atoms. The third-order valence-electron chi connectivity index (χ3n) is 2.17. The van der Waals surface area contributed by atoms with E-state index in [1.54, 1.807) is 12.1 Å². The van der Waals surface area contributed by atoms with Gasteiger partial charge in [-0.2, -0.15) is 0 Å². The molecule has 3 nitrogen and oxygen atoms in total. The number of benzene rings is 1. The maximum atomic E-state index is 10.6. The summed E-state index contributed by atoms with van der Waals surface area (Å²) in [6.07, 6.45) is 1.50. The summed E-state index contributed by atoms with van der Waals surface area (Å²) in [6.45, 7) is 0. The van der Waals surface area contributed by atoms with Gasteiger partial charge in [0.05, 0.1) is 0 Å². The Kier molecular flexibility index (Phi) is 2.88. The Morgan fingerprint density at radius 1 is 1.19 bits per heavy atom. The average Bonchev–Trinajstić information content (AvgIpc) is 2.30. The minimum absolute atomic E-state index is 0.0239. The number of aromatic carboxylic acids is 1. The molecule has 4 heteroatoms. The zero-order valence-corrected chi connectivity index (χ0v) is 8.98. The van der Waals surface area contributed by atoms with E-state index in [0.717, 1.165) is 11.1 Å². The molecule has 0 aliphatic carbocycles. The van der Waals surface area contributed by atoms with E-state index in [-0.39, 0.29) is 5.69 Å². The van der Waals surface area contributed by atoms with E-state index >= 15 is 0 Å². The number of carbonyl (C=O) groups is 1. The number of aromatic nitrogens is 1. The molecule has 0 bridgehead atoms. The lowest BCUT2D eigenvalue weighted by atomic mass is 10.1. The molecular weight excluding hydrogens is 226 g/mol. The lowest BCUT2D eigenvalue weighted by molar-refractivity contribution is 0.0690. The molecule has 1 N–H and O–H groups in total. The fourth-order valence-corrected chi connectivity index (χ4v) is 1.62. The van der Waals surface area contributed by atoms with Crippen LogP contribution in [0.25, 0.3) is 11.1 Å². The first kappa shape index (κ1) is 10.6. The molecule has 16 heavy (non-hydrogen) atoms. The number of halogens is 1. The molecule has 1 aromatic carbocycles. The molecule has 0 saturated carbocycles. The number of pyridine rings is 1. The molecular formula is C12H8ClNO2. The Morgan fingerprint density at radius 3 is 2.50 bits per heavy atom. The van der Waals surface area contributed by atoms with Crippen molar-refractivity contribution in [2.75, 3.05) is 0 Å². The van der Waals surface area contributed by atoms with E-state index in [2.05, 4.69) is 4.98 Å². The molecule has 0 unspecified atom stereocenters. The summed E-state index contributed by atoms with van der Waals surface area (Å²) in [7, 11) is 0. The van der Waals surface area contributed by atoms with Crippen molar-refractivity contribution in [3.8, 4) is 11.1 Å². The molecule has 0 aliphatic heterocycles. The van der Waals surface area contributed by atoms with Crippen LogP contribution in [0.2, 0.25) is 5.02 Å². The topological polar surface area (TPSA) is 50.2 Å². The van der Waals surface area contributed by atoms with Crippen molar-refractivity contribution in [2.45, 2.75) is 0 Å². The third kappa shape index (κ3) is 2.04. The normalized spacial score (nSPS) is 10.1. The van der Waals surface area contributed by atoms with Crippen molar-refractivity contribution >= 4 is 17.6 Å². The molecule has 0 amide bonds. The average molecular weight is 234 g/mol. The fourth-order valence-electron chi connectivity index (χ4n) is 1.38. The smallest absolute Gasteiger partial charge is 0.354 e. The number of nitrogens with zero attached hydrogens (tertiary/aromatic N) is 1. The zero-order valence-electron chi connectivity index (χ0n) is 8.22. The zero-order chi connectivity index (χ0) is 11.5. The van der Waals surface area contributed by atoms with Crippen molar-refractivity contribution in [1.29, 1.82) is 0 Å². The van der Waals surface area contributed by atoms with Crippen LogP contribution in [0.3, 0.4) is 0 Å². The van der Waals surface area contributed by atoms with Gasteiger partial charge in [0.2, 0.25) is 0 Å². The molecule has 1 aromatic heterocycles. The summed E-state index contributed by atoms with van der Waals surface area (Å²) in [6, 6.07) is 10.5. The fraction of sp³-hybridized carbons (Fsp3) is 0. The van der Waals surface area contributed by atoms with Crippen LogP contribution < -0.4 is 0 Å². The van der Waals surface area contributed by atoms with Gasteiger partial charge in [-0.05, 0) is 12.1 Å². The predicted molar refractivity (Wildman–Crippen MR) is 61.6 cm³/mol. The number of hydrogen-bond donors (Lipinski definition) is 1. The second kappa shape index (κ2) is 4.33. The largest absolute Gasteiger partial charge is 0.477 e. The second-order valence-electron chi connectivity index (χ2n) is 3.22. The van der Waals surface area contributed by atoms with Crippen LogP contribution in [0.5, 0.6) is 0 Å². The number of carboxylic acid groups (broad SMARTS) is 1. The van der Waals surface area contributed by atoms with E-state index in [4.69, 9.17) is 16.7 Å². The third-order valence-corrected chi connectivity index (χ3v) is 2.50. The van der Waals surface area contributed by atoms with Crippen LogP contribution >= 0.6 is 11.6 Å². The highest BCUT2D eigenvalue weighted by molar-refractivity contribution is 6.33. The van der Waals surface area contributed by atoms with E-state index in [0.29, 0.717) is 5.02 Å². The van der Waals surface area contributed by atoms with Gasteiger partial charge in [0.15, 0.2) is 0 Å². The van der Waals surface area contributed by atoms with Gasteiger partial charge in [0.1, 0.15) is 5.69 Å². The Labute approximate surface area is 97.3 Å². The van der Waals surface area contributed by atoms with Crippen molar-refractivity contribution in [3.05, 3.63) is 53.3 Å². The predicted octanol–water partition coefficient (Wildman–Crippen LogP) is 3.10. The van der Waals surface area contributed by atoms with Gasteiger partial charge in [-0.1, -0.05) is 35.9 Å². The summed E-state index contributed by atoms with van der Waals surface area (Å²) >= 11 is 6.02. The number of rotatable bonds is 2. The van der Waals surface area contributed by atoms with Crippen LogP contribution in [0, 0.1) is 0 Å². The molecule has 2 aromatic rings. The summed E-state index contributed by atoms with van der Waals surface area (Å²) in [4.78, 5) is 14.5. The van der Waals surface area contributed by atoms with Crippen LogP contribution in [0.1, 0.15) is 10.5 Å². The first-order valence-electron chi connectivity index (χ1n) is 4.63. The number of hydrogen-bond acceptors (Lipinski definition) is 2. The summed E-state index contributed by atoms with van der Waals surface area (Å²) < 4.78 is 0. The molecule has 0 aliphatic rings. The highest BCUT2D eigenvalue weighted by Crippen LogP contribution is 2.26. The van der Waals surface area contributed by atoms with Gasteiger partial charge in [-0.25, -0.2) is 9.78 Å². The minimum atomic E-state index is -1.04. The minimum Gasteiger partial charge on any atom is -0.477 e. The highest BCUT2D eigenvalue weighted by atomic mass is 35.5. The molecule has 0 radical (unpaired) electrons. The van der Waals surface area contributed by atoms with Crippen molar-refractivity contribution in [2.24, 2.45) is 0 Å². The number of carboxylic acids is 1. The van der Waals surface area contributed by atoms with Gasteiger partial charge in [0, 0.05) is 22.3 Å². The quantitative estimate of drug-likeness (QED) is 0.867. The lowest BCUT2D eigenvalue weighted by Crippen LogP contribution is -1.99. The monoisotopic (exact) mass is 233 g/mol. The standard InChI is InChI=1S/C12H8ClNO2/c13-10-4-2-1-3-9(10)8-5-6-11(12(15)16)14-7-8/h1-7H,(H,15,16). The van der Waals surface area contributed by atoms with Gasteiger partial charge >= 0.3 is 5.97 Å². The Morgan fingerprint density at radius 2 is 1.94 bits per heavy atom. The molecule has 2 rings (SSSR count). The molecule has 1 heterocycles. The van der Waals surface area contributed by atoms with Gasteiger partial charge in [-0.3, -0.25) is 0 Å². The maximum Gasteiger partial charge on any atom is 0.354 e. The van der Waals surface area contributed by atoms with Crippen molar-refractivity contribution in [3.63, 3.8) is 0 Å². The van der Waals surface area contributed by atoms with Crippen LogP contribution in [-0.2, 0) is 0 Å². The Balaban J connectivity index is 2.43. The van der Waals surface area contributed by atoms with E-state index in [1.165, 1.54) is 12.3 Å². The van der Waals surface area contributed by atoms with Crippen molar-refractivity contribution < 1.29 is 9.90 Å². The van der Waals surface area contributed by atoms with Gasteiger partial charge < -0.3 is 5.11 Å². The molecule has 0 fully saturated rings. The van der Waals surface area contributed by atoms with E-state index in [1.807, 2.05) is 18.2 Å². The second-order valence-corrected chi connectivity index (χ2v) is 3.62. The SMILES string of the molecule is O=C(O)c1ccc(-c2ccccc2Cl)cn1. The lowest BCUT2D eigenvalue weighted by Gasteiger charge is -2.03. The maximum absolute atomic E-state index is 10.6. The van der Waals surface area contributed by atoms with E-state index in [9.17, 15) is 4.79 Å². The van der Waals surface area contributed by atoms with E-state index < -0.39 is 5.97 Å². The van der Waals surface area contributed by atoms with Crippen molar-refractivity contribution in [1.82, 2.24) is 4.98 Å². The van der Waals surface area contributed by atoms with Crippen LogP contribution in [0.4, 0.5) is 0 Å². The summed E-state index contributed by atoms with van der Waals surface area (Å²) in [5, 5.41) is 9.33. The summed E-state index contributed by atoms with van der Waals surface area (Å²) in [5.74, 6) is -1.04. The molecule has 0 atom stereocenters. The Hall–Kier alpha value is -1.87. The molecule has 0 saturated heterocycles.